The summed E-state index contributed by atoms with van der Waals surface area (Å²) in [5.74, 6) is 1.51. The first-order valence-corrected chi connectivity index (χ1v) is 7.78. The SMILES string of the molecule is O=Cc1c(Cl)cccc1Sc1ccc2c(c1)OCCCO2. The molecule has 0 aromatic heterocycles. The van der Waals surface area contributed by atoms with Gasteiger partial charge in [-0.05, 0) is 30.3 Å². The van der Waals surface area contributed by atoms with Crippen LogP contribution in [-0.4, -0.2) is 19.5 Å². The molecule has 1 aliphatic heterocycles. The van der Waals surface area contributed by atoms with Crippen LogP contribution in [0.2, 0.25) is 5.02 Å². The molecule has 0 unspecified atom stereocenters. The van der Waals surface area contributed by atoms with E-state index in [1.165, 1.54) is 11.8 Å². The molecule has 108 valence electrons. The number of fused-ring (bicyclic) bond motifs is 1. The van der Waals surface area contributed by atoms with Crippen LogP contribution >= 0.6 is 23.4 Å². The van der Waals surface area contributed by atoms with Gasteiger partial charge in [0, 0.05) is 21.8 Å². The monoisotopic (exact) mass is 320 g/mol. The number of halogens is 1. The minimum Gasteiger partial charge on any atom is -0.490 e. The highest BCUT2D eigenvalue weighted by atomic mass is 35.5. The summed E-state index contributed by atoms with van der Waals surface area (Å²) in [6.45, 7) is 1.32. The highest BCUT2D eigenvalue weighted by Gasteiger charge is 2.13. The Morgan fingerprint density at radius 1 is 1.10 bits per heavy atom. The van der Waals surface area contributed by atoms with Gasteiger partial charge in [-0.3, -0.25) is 4.79 Å². The third-order valence-electron chi connectivity index (χ3n) is 3.08. The lowest BCUT2D eigenvalue weighted by Gasteiger charge is -2.10. The highest BCUT2D eigenvalue weighted by Crippen LogP contribution is 2.38. The fourth-order valence-corrected chi connectivity index (χ4v) is 3.30. The molecule has 0 saturated heterocycles. The largest absolute Gasteiger partial charge is 0.490 e. The zero-order valence-electron chi connectivity index (χ0n) is 11.2. The van der Waals surface area contributed by atoms with Crippen molar-refractivity contribution < 1.29 is 14.3 Å². The Balaban J connectivity index is 1.90. The molecule has 2 aromatic rings. The zero-order valence-corrected chi connectivity index (χ0v) is 12.7. The van der Waals surface area contributed by atoms with E-state index in [1.807, 2.05) is 30.3 Å². The summed E-state index contributed by atoms with van der Waals surface area (Å²) < 4.78 is 11.3. The average Bonchev–Trinajstić information content (AvgIpc) is 2.72. The lowest BCUT2D eigenvalue weighted by atomic mass is 10.2. The first-order valence-electron chi connectivity index (χ1n) is 6.59. The van der Waals surface area contributed by atoms with Gasteiger partial charge in [0.25, 0.3) is 0 Å². The van der Waals surface area contributed by atoms with Crippen molar-refractivity contribution in [1.82, 2.24) is 0 Å². The topological polar surface area (TPSA) is 35.5 Å². The van der Waals surface area contributed by atoms with Gasteiger partial charge in [0.05, 0.1) is 18.2 Å². The van der Waals surface area contributed by atoms with Crippen molar-refractivity contribution in [3.8, 4) is 11.5 Å². The number of benzene rings is 2. The summed E-state index contributed by atoms with van der Waals surface area (Å²) in [4.78, 5) is 13.0. The van der Waals surface area contributed by atoms with E-state index in [4.69, 9.17) is 21.1 Å². The van der Waals surface area contributed by atoms with Crippen LogP contribution in [0.4, 0.5) is 0 Å². The Hall–Kier alpha value is -1.65. The summed E-state index contributed by atoms with van der Waals surface area (Å²) in [6.07, 6.45) is 1.66. The van der Waals surface area contributed by atoms with E-state index in [9.17, 15) is 4.79 Å². The Morgan fingerprint density at radius 3 is 2.71 bits per heavy atom. The lowest BCUT2D eigenvalue weighted by molar-refractivity contribution is 0.112. The van der Waals surface area contributed by atoms with E-state index in [1.54, 1.807) is 6.07 Å². The maximum atomic E-state index is 11.2. The average molecular weight is 321 g/mol. The maximum absolute atomic E-state index is 11.2. The van der Waals surface area contributed by atoms with Gasteiger partial charge in [0.1, 0.15) is 0 Å². The molecule has 0 saturated carbocycles. The van der Waals surface area contributed by atoms with Gasteiger partial charge in [-0.15, -0.1) is 0 Å². The van der Waals surface area contributed by atoms with Crippen molar-refractivity contribution in [3.05, 3.63) is 47.0 Å². The minimum absolute atomic E-state index is 0.462. The molecule has 0 atom stereocenters. The predicted octanol–water partition coefficient (Wildman–Crippen LogP) is 4.47. The molecule has 0 N–H and O–H groups in total. The van der Waals surface area contributed by atoms with Crippen LogP contribution in [0.15, 0.2) is 46.2 Å². The number of rotatable bonds is 3. The highest BCUT2D eigenvalue weighted by molar-refractivity contribution is 7.99. The van der Waals surface area contributed by atoms with Crippen molar-refractivity contribution >= 4 is 29.6 Å². The smallest absolute Gasteiger partial charge is 0.162 e. The molecule has 0 aliphatic carbocycles. The van der Waals surface area contributed by atoms with Gasteiger partial charge in [0.15, 0.2) is 17.8 Å². The molecule has 3 rings (SSSR count). The van der Waals surface area contributed by atoms with Crippen LogP contribution in [0.5, 0.6) is 11.5 Å². The number of hydrogen-bond acceptors (Lipinski definition) is 4. The van der Waals surface area contributed by atoms with Crippen LogP contribution in [0.25, 0.3) is 0 Å². The van der Waals surface area contributed by atoms with Crippen molar-refractivity contribution in [2.45, 2.75) is 16.2 Å². The maximum Gasteiger partial charge on any atom is 0.162 e. The van der Waals surface area contributed by atoms with Gasteiger partial charge in [-0.2, -0.15) is 0 Å². The molecule has 0 amide bonds. The molecule has 0 fully saturated rings. The Labute approximate surface area is 132 Å². The van der Waals surface area contributed by atoms with Crippen LogP contribution in [0, 0.1) is 0 Å². The molecule has 0 bridgehead atoms. The van der Waals surface area contributed by atoms with Gasteiger partial charge >= 0.3 is 0 Å². The molecule has 5 heteroatoms. The normalized spacial score (nSPS) is 13.6. The minimum atomic E-state index is 0.462. The third-order valence-corrected chi connectivity index (χ3v) is 4.47. The Bertz CT molecular complexity index is 673. The van der Waals surface area contributed by atoms with Crippen molar-refractivity contribution in [2.24, 2.45) is 0 Å². The second kappa shape index (κ2) is 6.41. The van der Waals surface area contributed by atoms with Gasteiger partial charge in [-0.1, -0.05) is 29.4 Å². The van der Waals surface area contributed by atoms with Gasteiger partial charge in [-0.25, -0.2) is 0 Å². The van der Waals surface area contributed by atoms with Crippen molar-refractivity contribution in [3.63, 3.8) is 0 Å². The summed E-state index contributed by atoms with van der Waals surface area (Å²) in [5.41, 5.74) is 0.510. The molecule has 21 heavy (non-hydrogen) atoms. The number of carbonyl (C=O) groups excluding carboxylic acids is 1. The quantitative estimate of drug-likeness (QED) is 0.782. The van der Waals surface area contributed by atoms with Crippen LogP contribution in [0.1, 0.15) is 16.8 Å². The van der Waals surface area contributed by atoms with Gasteiger partial charge < -0.3 is 9.47 Å². The van der Waals surface area contributed by atoms with E-state index in [2.05, 4.69) is 0 Å². The van der Waals surface area contributed by atoms with E-state index in [0.29, 0.717) is 23.8 Å². The molecule has 1 heterocycles. The van der Waals surface area contributed by atoms with Crippen LogP contribution in [-0.2, 0) is 0 Å². The van der Waals surface area contributed by atoms with Crippen LogP contribution in [0.3, 0.4) is 0 Å². The third kappa shape index (κ3) is 3.17. The summed E-state index contributed by atoms with van der Waals surface area (Å²) in [7, 11) is 0. The number of hydrogen-bond donors (Lipinski definition) is 0. The van der Waals surface area contributed by atoms with Crippen molar-refractivity contribution in [1.29, 1.82) is 0 Å². The summed E-state index contributed by atoms with van der Waals surface area (Å²) in [6, 6.07) is 11.2. The van der Waals surface area contributed by atoms with E-state index in [0.717, 1.165) is 34.0 Å². The molecule has 2 aromatic carbocycles. The first-order chi connectivity index (χ1) is 10.3. The molecule has 0 radical (unpaired) electrons. The van der Waals surface area contributed by atoms with Crippen molar-refractivity contribution in [2.75, 3.05) is 13.2 Å². The standard InChI is InChI=1S/C16H13ClO3S/c17-13-3-1-4-16(12(13)10-18)21-11-5-6-14-15(9-11)20-8-2-7-19-14/h1,3-6,9-10H,2,7-8H2. The zero-order chi connectivity index (χ0) is 14.7. The van der Waals surface area contributed by atoms with Gasteiger partial charge in [0.2, 0.25) is 0 Å². The number of aldehydes is 1. The molecular weight excluding hydrogens is 308 g/mol. The summed E-state index contributed by atoms with van der Waals surface area (Å²) in [5, 5.41) is 0.462. The lowest BCUT2D eigenvalue weighted by Crippen LogP contribution is -1.97. The Kier molecular flexibility index (Phi) is 4.36. The number of ether oxygens (including phenoxy) is 2. The van der Waals surface area contributed by atoms with E-state index in [-0.39, 0.29) is 0 Å². The second-order valence-electron chi connectivity index (χ2n) is 4.53. The fourth-order valence-electron chi connectivity index (χ4n) is 2.05. The molecule has 0 spiro atoms. The Morgan fingerprint density at radius 2 is 1.90 bits per heavy atom. The van der Waals surface area contributed by atoms with E-state index < -0.39 is 0 Å². The van der Waals surface area contributed by atoms with E-state index >= 15 is 0 Å². The second-order valence-corrected chi connectivity index (χ2v) is 6.05. The molecule has 1 aliphatic rings. The predicted molar refractivity (Wildman–Crippen MR) is 83.0 cm³/mol. The molecule has 3 nitrogen and oxygen atoms in total. The summed E-state index contributed by atoms with van der Waals surface area (Å²) >= 11 is 7.52. The number of carbonyl (C=O) groups is 1. The van der Waals surface area contributed by atoms with Crippen LogP contribution < -0.4 is 9.47 Å². The molecular formula is C16H13ClO3S. The first kappa shape index (κ1) is 14.3. The fraction of sp³-hybridized carbons (Fsp3) is 0.188.